The molecule has 0 aliphatic heterocycles. The van der Waals surface area contributed by atoms with Crippen LogP contribution in [-0.2, 0) is 10.2 Å². The molecular formula is C18H13Cl2N3O3S. The number of anilines is 1. The van der Waals surface area contributed by atoms with E-state index < -0.39 is 16.1 Å². The summed E-state index contributed by atoms with van der Waals surface area (Å²) in [6.45, 7) is 0. The van der Waals surface area contributed by atoms with Crippen LogP contribution in [0.15, 0.2) is 66.9 Å². The molecule has 0 aliphatic rings. The number of pyridine rings is 1. The van der Waals surface area contributed by atoms with Gasteiger partial charge in [0.1, 0.15) is 0 Å². The van der Waals surface area contributed by atoms with Gasteiger partial charge in [-0.1, -0.05) is 41.4 Å². The highest BCUT2D eigenvalue weighted by molar-refractivity contribution is 7.91. The zero-order valence-electron chi connectivity index (χ0n) is 13.7. The maximum atomic E-state index is 12.4. The average Bonchev–Trinajstić information content (AvgIpc) is 2.63. The monoisotopic (exact) mass is 421 g/mol. The molecule has 3 rings (SSSR count). The number of aromatic nitrogens is 1. The van der Waals surface area contributed by atoms with Crippen molar-refractivity contribution in [3.8, 4) is 11.3 Å². The van der Waals surface area contributed by atoms with Crippen LogP contribution in [0.25, 0.3) is 11.3 Å². The average molecular weight is 422 g/mol. The summed E-state index contributed by atoms with van der Waals surface area (Å²) in [6, 6.07) is 16.0. The number of carbonyl (C=O) groups is 1. The highest BCUT2D eigenvalue weighted by Gasteiger charge is 2.19. The second-order valence-corrected chi connectivity index (χ2v) is 7.68. The van der Waals surface area contributed by atoms with E-state index in [2.05, 4.69) is 9.71 Å². The van der Waals surface area contributed by atoms with Crippen molar-refractivity contribution in [1.29, 1.82) is 0 Å². The van der Waals surface area contributed by atoms with E-state index in [4.69, 9.17) is 23.2 Å². The number of rotatable bonds is 5. The molecule has 138 valence electrons. The van der Waals surface area contributed by atoms with Gasteiger partial charge in [0, 0.05) is 16.8 Å². The first-order valence-electron chi connectivity index (χ1n) is 7.66. The largest absolute Gasteiger partial charge is 0.323 e. The predicted molar refractivity (Wildman–Crippen MR) is 106 cm³/mol. The molecule has 3 aromatic rings. The number of carbonyl (C=O) groups excluding carboxylic acids is 1. The first-order valence-corrected chi connectivity index (χ1v) is 9.90. The van der Waals surface area contributed by atoms with Crippen molar-refractivity contribution in [2.45, 2.75) is 0 Å². The molecule has 27 heavy (non-hydrogen) atoms. The molecule has 1 amide bonds. The summed E-state index contributed by atoms with van der Waals surface area (Å²) in [6.07, 6.45) is 1.58. The normalized spacial score (nSPS) is 11.0. The van der Waals surface area contributed by atoms with Crippen molar-refractivity contribution < 1.29 is 13.2 Å². The fourth-order valence-electron chi connectivity index (χ4n) is 2.33. The van der Waals surface area contributed by atoms with Crippen LogP contribution in [0.4, 0.5) is 5.69 Å². The van der Waals surface area contributed by atoms with E-state index in [0.29, 0.717) is 16.3 Å². The summed E-state index contributed by atoms with van der Waals surface area (Å²) < 4.78 is 29.1. The minimum atomic E-state index is -4.22. The lowest BCUT2D eigenvalue weighted by atomic mass is 10.1. The van der Waals surface area contributed by atoms with E-state index >= 15 is 0 Å². The summed E-state index contributed by atoms with van der Waals surface area (Å²) in [7, 11) is -4.22. The standard InChI is InChI=1S/C18H13Cl2N3O3S/c19-12-8-9-17(14(11-12)16-7-3-4-10-21-16)22-27(25,26)23-18(24)13-5-1-2-6-15(13)20/h1-11,22H,(H,23,24). The molecule has 0 bridgehead atoms. The van der Waals surface area contributed by atoms with Crippen molar-refractivity contribution >= 4 is 45.0 Å². The van der Waals surface area contributed by atoms with Gasteiger partial charge >= 0.3 is 10.2 Å². The lowest BCUT2D eigenvalue weighted by molar-refractivity contribution is 0.0982. The Morgan fingerprint density at radius 3 is 2.41 bits per heavy atom. The number of hydrogen-bond donors (Lipinski definition) is 2. The van der Waals surface area contributed by atoms with Gasteiger partial charge in [-0.3, -0.25) is 14.5 Å². The smallest absolute Gasteiger partial charge is 0.268 e. The van der Waals surface area contributed by atoms with Gasteiger partial charge in [0.25, 0.3) is 5.91 Å². The Kier molecular flexibility index (Phi) is 5.65. The third-order valence-electron chi connectivity index (χ3n) is 3.51. The summed E-state index contributed by atoms with van der Waals surface area (Å²) in [5.41, 5.74) is 1.26. The van der Waals surface area contributed by atoms with Crippen molar-refractivity contribution in [1.82, 2.24) is 9.71 Å². The molecule has 0 saturated carbocycles. The summed E-state index contributed by atoms with van der Waals surface area (Å²) in [5, 5.41) is 0.560. The van der Waals surface area contributed by atoms with Crippen LogP contribution in [0, 0.1) is 0 Å². The van der Waals surface area contributed by atoms with Crippen molar-refractivity contribution in [3.05, 3.63) is 82.5 Å². The van der Waals surface area contributed by atoms with Gasteiger partial charge in [0.2, 0.25) is 0 Å². The number of amides is 1. The van der Waals surface area contributed by atoms with Crippen molar-refractivity contribution in [3.63, 3.8) is 0 Å². The fraction of sp³-hybridized carbons (Fsp3) is 0. The van der Waals surface area contributed by atoms with E-state index in [1.807, 2.05) is 4.72 Å². The van der Waals surface area contributed by atoms with Gasteiger partial charge in [0.15, 0.2) is 0 Å². The van der Waals surface area contributed by atoms with Crippen LogP contribution in [0.1, 0.15) is 10.4 Å². The molecule has 0 aliphatic carbocycles. The Morgan fingerprint density at radius 2 is 1.70 bits per heavy atom. The van der Waals surface area contributed by atoms with Gasteiger partial charge in [-0.25, -0.2) is 4.72 Å². The van der Waals surface area contributed by atoms with Crippen LogP contribution >= 0.6 is 23.2 Å². The number of nitrogens with one attached hydrogen (secondary N) is 2. The lowest BCUT2D eigenvalue weighted by Gasteiger charge is -2.13. The molecule has 0 saturated heterocycles. The fourth-order valence-corrected chi connectivity index (χ4v) is 3.60. The predicted octanol–water partition coefficient (Wildman–Crippen LogP) is 4.14. The van der Waals surface area contributed by atoms with Gasteiger partial charge in [-0.15, -0.1) is 0 Å². The Labute approximate surface area is 166 Å². The maximum absolute atomic E-state index is 12.4. The van der Waals surface area contributed by atoms with Crippen molar-refractivity contribution in [2.24, 2.45) is 0 Å². The zero-order valence-corrected chi connectivity index (χ0v) is 16.0. The highest BCUT2D eigenvalue weighted by atomic mass is 35.5. The van der Waals surface area contributed by atoms with Gasteiger partial charge in [0.05, 0.1) is 22.0 Å². The second kappa shape index (κ2) is 7.96. The van der Waals surface area contributed by atoms with Crippen LogP contribution in [0.3, 0.4) is 0 Å². The van der Waals surface area contributed by atoms with Crippen LogP contribution in [0.5, 0.6) is 0 Å². The minimum absolute atomic E-state index is 0.0468. The van der Waals surface area contributed by atoms with Crippen LogP contribution in [-0.4, -0.2) is 19.3 Å². The van der Waals surface area contributed by atoms with Gasteiger partial charge < -0.3 is 0 Å². The zero-order chi connectivity index (χ0) is 19.4. The van der Waals surface area contributed by atoms with E-state index in [1.165, 1.54) is 24.3 Å². The molecule has 9 heteroatoms. The highest BCUT2D eigenvalue weighted by Crippen LogP contribution is 2.30. The summed E-state index contributed by atoms with van der Waals surface area (Å²) >= 11 is 12.0. The number of benzene rings is 2. The third kappa shape index (κ3) is 4.77. The molecule has 0 radical (unpaired) electrons. The molecule has 6 nitrogen and oxygen atoms in total. The third-order valence-corrected chi connectivity index (χ3v) is 5.02. The van der Waals surface area contributed by atoms with Gasteiger partial charge in [-0.2, -0.15) is 8.42 Å². The van der Waals surface area contributed by atoms with E-state index in [0.717, 1.165) is 0 Å². The Hall–Kier alpha value is -2.61. The molecule has 1 heterocycles. The Balaban J connectivity index is 1.88. The Morgan fingerprint density at radius 1 is 0.963 bits per heavy atom. The SMILES string of the molecule is O=C(NS(=O)(=O)Nc1ccc(Cl)cc1-c1ccccn1)c1ccccc1Cl. The topological polar surface area (TPSA) is 88.2 Å². The summed E-state index contributed by atoms with van der Waals surface area (Å²) in [5.74, 6) is -0.846. The first-order chi connectivity index (χ1) is 12.9. The first kappa shape index (κ1) is 19.2. The maximum Gasteiger partial charge on any atom is 0.323 e. The van der Waals surface area contributed by atoms with Crippen LogP contribution < -0.4 is 9.44 Å². The molecule has 0 atom stereocenters. The lowest BCUT2D eigenvalue weighted by Crippen LogP contribution is -2.35. The van der Waals surface area contributed by atoms with E-state index in [-0.39, 0.29) is 16.3 Å². The van der Waals surface area contributed by atoms with E-state index in [1.54, 1.807) is 42.6 Å². The Bertz CT molecular complexity index is 1090. The molecule has 0 unspecified atom stereocenters. The molecular weight excluding hydrogens is 409 g/mol. The number of halogens is 2. The quantitative estimate of drug-likeness (QED) is 0.647. The second-order valence-electron chi connectivity index (χ2n) is 5.42. The molecule has 0 fully saturated rings. The van der Waals surface area contributed by atoms with Crippen molar-refractivity contribution in [2.75, 3.05) is 4.72 Å². The molecule has 2 N–H and O–H groups in total. The minimum Gasteiger partial charge on any atom is -0.268 e. The molecule has 0 spiro atoms. The number of nitrogens with zero attached hydrogens (tertiary/aromatic N) is 1. The molecule has 2 aromatic carbocycles. The van der Waals surface area contributed by atoms with E-state index in [9.17, 15) is 13.2 Å². The summed E-state index contributed by atoms with van der Waals surface area (Å²) in [4.78, 5) is 16.4. The van der Waals surface area contributed by atoms with Crippen LogP contribution in [0.2, 0.25) is 10.0 Å². The number of hydrogen-bond acceptors (Lipinski definition) is 4. The van der Waals surface area contributed by atoms with Gasteiger partial charge in [-0.05, 0) is 42.5 Å². The molecule has 1 aromatic heterocycles.